The SMILES string of the molecule is CCC(=O)COc1cc(-c2cnn(C)c2)c2c(c1)C(O)(C(F)(F)F)c1ccccc1-2. The van der Waals surface area contributed by atoms with Crippen LogP contribution in [0.3, 0.4) is 0 Å². The Labute approximate surface area is 170 Å². The van der Waals surface area contributed by atoms with Gasteiger partial charge in [0.2, 0.25) is 5.60 Å². The molecule has 0 fully saturated rings. The molecule has 1 heterocycles. The number of halogens is 3. The molecule has 30 heavy (non-hydrogen) atoms. The number of benzene rings is 2. The zero-order chi connectivity index (χ0) is 21.7. The smallest absolute Gasteiger partial charge is 0.425 e. The van der Waals surface area contributed by atoms with Crippen LogP contribution in [-0.2, 0) is 17.4 Å². The summed E-state index contributed by atoms with van der Waals surface area (Å²) in [5, 5.41) is 15.1. The van der Waals surface area contributed by atoms with E-state index in [0.717, 1.165) is 0 Å². The van der Waals surface area contributed by atoms with Gasteiger partial charge in [-0.25, -0.2) is 0 Å². The quantitative estimate of drug-likeness (QED) is 0.676. The van der Waals surface area contributed by atoms with Crippen molar-refractivity contribution in [2.24, 2.45) is 7.05 Å². The number of Topliss-reactive ketones (excluding diaryl/α,β-unsaturated/α-hetero) is 1. The molecule has 156 valence electrons. The van der Waals surface area contributed by atoms with E-state index in [1.807, 2.05) is 0 Å². The van der Waals surface area contributed by atoms with Crippen LogP contribution in [0.4, 0.5) is 13.2 Å². The van der Waals surface area contributed by atoms with E-state index in [2.05, 4.69) is 5.10 Å². The van der Waals surface area contributed by atoms with E-state index in [0.29, 0.717) is 16.7 Å². The van der Waals surface area contributed by atoms with Crippen LogP contribution in [0.5, 0.6) is 5.75 Å². The lowest BCUT2D eigenvalue weighted by atomic mass is 9.89. The Morgan fingerprint density at radius 3 is 2.57 bits per heavy atom. The van der Waals surface area contributed by atoms with Gasteiger partial charge in [-0.05, 0) is 28.8 Å². The van der Waals surface area contributed by atoms with Gasteiger partial charge in [-0.15, -0.1) is 0 Å². The number of carbonyl (C=O) groups is 1. The number of aromatic nitrogens is 2. The molecule has 8 heteroatoms. The largest absolute Gasteiger partial charge is 0.486 e. The summed E-state index contributed by atoms with van der Waals surface area (Å²) in [6, 6.07) is 8.67. The molecule has 5 nitrogen and oxygen atoms in total. The summed E-state index contributed by atoms with van der Waals surface area (Å²) in [6.07, 6.45) is -1.51. The number of fused-ring (bicyclic) bond motifs is 3. The highest BCUT2D eigenvalue weighted by Gasteiger charge is 2.61. The van der Waals surface area contributed by atoms with Gasteiger partial charge in [-0.1, -0.05) is 31.2 Å². The van der Waals surface area contributed by atoms with Crippen LogP contribution in [-0.4, -0.2) is 33.5 Å². The number of carbonyl (C=O) groups excluding carboxylic acids is 1. The van der Waals surface area contributed by atoms with Crippen molar-refractivity contribution in [3.05, 3.63) is 59.9 Å². The minimum atomic E-state index is -4.96. The van der Waals surface area contributed by atoms with Gasteiger partial charge in [-0.3, -0.25) is 9.48 Å². The van der Waals surface area contributed by atoms with E-state index in [4.69, 9.17) is 4.74 Å². The highest BCUT2D eigenvalue weighted by molar-refractivity contribution is 5.93. The van der Waals surface area contributed by atoms with Gasteiger partial charge in [0.25, 0.3) is 0 Å². The van der Waals surface area contributed by atoms with Crippen molar-refractivity contribution in [3.63, 3.8) is 0 Å². The number of aryl methyl sites for hydroxylation is 1. The number of hydrogen-bond acceptors (Lipinski definition) is 4. The molecule has 0 saturated heterocycles. The maximum absolute atomic E-state index is 14.2. The van der Waals surface area contributed by atoms with Crippen LogP contribution in [0.1, 0.15) is 24.5 Å². The lowest BCUT2D eigenvalue weighted by Crippen LogP contribution is -2.41. The molecule has 0 saturated carbocycles. The van der Waals surface area contributed by atoms with Crippen molar-refractivity contribution in [3.8, 4) is 28.0 Å². The summed E-state index contributed by atoms with van der Waals surface area (Å²) in [4.78, 5) is 11.7. The van der Waals surface area contributed by atoms with Crippen molar-refractivity contribution in [1.29, 1.82) is 0 Å². The van der Waals surface area contributed by atoms with Crippen LogP contribution >= 0.6 is 0 Å². The van der Waals surface area contributed by atoms with E-state index < -0.39 is 11.8 Å². The second-order valence-corrected chi connectivity index (χ2v) is 7.23. The van der Waals surface area contributed by atoms with Gasteiger partial charge in [0, 0.05) is 36.4 Å². The Bertz CT molecular complexity index is 1140. The molecule has 0 radical (unpaired) electrons. The minimum absolute atomic E-state index is 0.0740. The number of aliphatic hydroxyl groups is 1. The van der Waals surface area contributed by atoms with E-state index in [9.17, 15) is 23.1 Å². The van der Waals surface area contributed by atoms with Crippen LogP contribution < -0.4 is 4.74 Å². The molecule has 1 atom stereocenters. The molecule has 3 aromatic rings. The average molecular weight is 416 g/mol. The third-order valence-corrected chi connectivity index (χ3v) is 5.31. The maximum Gasteiger partial charge on any atom is 0.425 e. The molecular weight excluding hydrogens is 397 g/mol. The first-order valence-corrected chi connectivity index (χ1v) is 9.37. The van der Waals surface area contributed by atoms with Crippen molar-refractivity contribution in [2.75, 3.05) is 6.61 Å². The Kier molecular flexibility index (Phi) is 4.69. The molecule has 0 bridgehead atoms. The fourth-order valence-corrected chi connectivity index (χ4v) is 3.80. The highest BCUT2D eigenvalue weighted by Crippen LogP contribution is 2.58. The summed E-state index contributed by atoms with van der Waals surface area (Å²) in [5.41, 5.74) is -2.18. The summed E-state index contributed by atoms with van der Waals surface area (Å²) in [5.74, 6) is -0.113. The van der Waals surface area contributed by atoms with Crippen molar-refractivity contribution >= 4 is 5.78 Å². The number of hydrogen-bond donors (Lipinski definition) is 1. The molecule has 1 aliphatic rings. The fourth-order valence-electron chi connectivity index (χ4n) is 3.80. The number of alkyl halides is 3. The zero-order valence-corrected chi connectivity index (χ0v) is 16.3. The second kappa shape index (κ2) is 6.98. The molecule has 0 amide bonds. The Hall–Kier alpha value is -3.13. The zero-order valence-electron chi connectivity index (χ0n) is 16.3. The molecule has 1 aromatic heterocycles. The first-order valence-electron chi connectivity index (χ1n) is 9.37. The lowest BCUT2D eigenvalue weighted by Gasteiger charge is -2.28. The first-order chi connectivity index (χ1) is 14.2. The predicted molar refractivity (Wildman–Crippen MR) is 104 cm³/mol. The molecule has 4 rings (SSSR count). The van der Waals surface area contributed by atoms with Crippen LogP contribution in [0.2, 0.25) is 0 Å². The highest BCUT2D eigenvalue weighted by atomic mass is 19.4. The second-order valence-electron chi connectivity index (χ2n) is 7.23. The van der Waals surface area contributed by atoms with Crippen LogP contribution in [0.25, 0.3) is 22.3 Å². The van der Waals surface area contributed by atoms with Crippen molar-refractivity contribution in [2.45, 2.75) is 25.1 Å². The van der Waals surface area contributed by atoms with Gasteiger partial charge in [0.15, 0.2) is 5.78 Å². The molecule has 2 aromatic carbocycles. The van der Waals surface area contributed by atoms with E-state index >= 15 is 0 Å². The number of ether oxygens (including phenoxy) is 1. The maximum atomic E-state index is 14.2. The van der Waals surface area contributed by atoms with Gasteiger partial charge in [-0.2, -0.15) is 18.3 Å². The average Bonchev–Trinajstić information content (AvgIpc) is 3.26. The van der Waals surface area contributed by atoms with Gasteiger partial charge >= 0.3 is 6.18 Å². The third-order valence-electron chi connectivity index (χ3n) is 5.31. The molecule has 0 aliphatic heterocycles. The van der Waals surface area contributed by atoms with Crippen LogP contribution in [0, 0.1) is 0 Å². The molecule has 1 unspecified atom stereocenters. The van der Waals surface area contributed by atoms with Gasteiger partial charge in [0.05, 0.1) is 6.20 Å². The van der Waals surface area contributed by atoms with Crippen LogP contribution in [0.15, 0.2) is 48.8 Å². The lowest BCUT2D eigenvalue weighted by molar-refractivity contribution is -0.246. The summed E-state index contributed by atoms with van der Waals surface area (Å²) < 4.78 is 49.6. The number of rotatable bonds is 5. The summed E-state index contributed by atoms with van der Waals surface area (Å²) in [7, 11) is 1.70. The standard InChI is InChI=1S/C22H19F3N2O3/c1-3-14(28)12-30-15-8-17(13-10-26-27(2)11-13)20-16-6-4-5-7-18(16)21(29,19(20)9-15)22(23,24)25/h4-11,29H,3,12H2,1-2H3. The van der Waals surface area contributed by atoms with Gasteiger partial charge < -0.3 is 9.84 Å². The number of ketones is 1. The van der Waals surface area contributed by atoms with Crippen molar-refractivity contribution < 1.29 is 27.8 Å². The minimum Gasteiger partial charge on any atom is -0.486 e. The molecular formula is C22H19F3N2O3. The monoisotopic (exact) mass is 416 g/mol. The predicted octanol–water partition coefficient (Wildman–Crippen LogP) is 4.22. The molecule has 1 aliphatic carbocycles. The Morgan fingerprint density at radius 1 is 1.20 bits per heavy atom. The van der Waals surface area contributed by atoms with E-state index in [1.54, 1.807) is 38.4 Å². The first kappa shape index (κ1) is 20.2. The normalized spacial score (nSPS) is 17.5. The summed E-state index contributed by atoms with van der Waals surface area (Å²) >= 11 is 0. The van der Waals surface area contributed by atoms with Crippen molar-refractivity contribution in [1.82, 2.24) is 9.78 Å². The Balaban J connectivity index is 2.00. The Morgan fingerprint density at radius 2 is 1.93 bits per heavy atom. The molecule has 1 N–H and O–H groups in total. The topological polar surface area (TPSA) is 64.3 Å². The third kappa shape index (κ3) is 2.99. The van der Waals surface area contributed by atoms with E-state index in [-0.39, 0.29) is 41.3 Å². The van der Waals surface area contributed by atoms with Gasteiger partial charge in [0.1, 0.15) is 12.4 Å². The molecule has 0 spiro atoms. The van der Waals surface area contributed by atoms with E-state index in [1.165, 1.54) is 29.1 Å². The fraction of sp³-hybridized carbons (Fsp3) is 0.273. The number of nitrogens with zero attached hydrogens (tertiary/aromatic N) is 2. The summed E-state index contributed by atoms with van der Waals surface area (Å²) in [6.45, 7) is 1.41.